The number of aromatic nitrogens is 1. The summed E-state index contributed by atoms with van der Waals surface area (Å²) in [4.78, 5) is 26.9. The van der Waals surface area contributed by atoms with E-state index in [1.807, 2.05) is 49.4 Å². The van der Waals surface area contributed by atoms with Gasteiger partial charge in [-0.05, 0) is 36.8 Å². The molecule has 2 aromatic heterocycles. The van der Waals surface area contributed by atoms with Crippen LogP contribution in [-0.2, 0) is 24.4 Å². The Morgan fingerprint density at radius 3 is 2.47 bits per heavy atom. The van der Waals surface area contributed by atoms with Crippen LogP contribution in [0.15, 0.2) is 88.0 Å². The summed E-state index contributed by atoms with van der Waals surface area (Å²) in [5, 5.41) is 6.69. The third kappa shape index (κ3) is 6.35. The number of amides is 2. The highest BCUT2D eigenvalue weighted by molar-refractivity contribution is 5.92. The molecule has 4 aromatic rings. The zero-order valence-corrected chi connectivity index (χ0v) is 18.8. The highest BCUT2D eigenvalue weighted by Crippen LogP contribution is 2.14. The van der Waals surface area contributed by atoms with Gasteiger partial charge in [0.2, 0.25) is 0 Å². The first-order valence-electron chi connectivity index (χ1n) is 10.8. The van der Waals surface area contributed by atoms with Crippen LogP contribution in [0.1, 0.15) is 33.1 Å². The van der Waals surface area contributed by atoms with Crippen molar-refractivity contribution in [2.75, 3.05) is 6.61 Å². The van der Waals surface area contributed by atoms with Crippen LogP contribution in [0, 0.1) is 6.92 Å². The lowest BCUT2D eigenvalue weighted by molar-refractivity contribution is -0.135. The molecule has 0 aliphatic heterocycles. The maximum atomic E-state index is 12.9. The zero-order chi connectivity index (χ0) is 23.8. The van der Waals surface area contributed by atoms with Crippen LogP contribution in [0.5, 0.6) is 5.75 Å². The topological polar surface area (TPSA) is 97.8 Å². The van der Waals surface area contributed by atoms with Gasteiger partial charge in [-0.2, -0.15) is 0 Å². The van der Waals surface area contributed by atoms with Gasteiger partial charge in [-0.1, -0.05) is 53.2 Å². The number of carbonyl (C=O) groups is 2. The van der Waals surface area contributed by atoms with Crippen molar-refractivity contribution in [2.45, 2.75) is 26.6 Å². The van der Waals surface area contributed by atoms with Gasteiger partial charge in [0, 0.05) is 12.6 Å². The molecule has 2 amide bonds. The lowest BCUT2D eigenvalue weighted by Crippen LogP contribution is -2.33. The number of para-hydroxylation sites is 1. The molecular weight excluding hydrogens is 434 g/mol. The summed E-state index contributed by atoms with van der Waals surface area (Å²) in [6.45, 7) is 2.56. The number of hydrogen-bond acceptors (Lipinski definition) is 6. The van der Waals surface area contributed by atoms with Gasteiger partial charge in [0.25, 0.3) is 11.8 Å². The predicted molar refractivity (Wildman–Crippen MR) is 124 cm³/mol. The second-order valence-corrected chi connectivity index (χ2v) is 7.78. The minimum atomic E-state index is -0.355. The molecule has 2 heterocycles. The quantitative estimate of drug-likeness (QED) is 0.383. The summed E-state index contributed by atoms with van der Waals surface area (Å²) in [5.74, 6) is 0.971. The van der Waals surface area contributed by atoms with Gasteiger partial charge in [-0.25, -0.2) is 0 Å². The van der Waals surface area contributed by atoms with Crippen LogP contribution >= 0.6 is 0 Å². The second kappa shape index (κ2) is 11.0. The summed E-state index contributed by atoms with van der Waals surface area (Å²) in [6.07, 6.45) is 1.55. The Hall–Kier alpha value is -4.33. The smallest absolute Gasteiger partial charge is 0.273 e. The van der Waals surface area contributed by atoms with Crippen molar-refractivity contribution in [1.29, 1.82) is 0 Å². The summed E-state index contributed by atoms with van der Waals surface area (Å²) < 4.78 is 16.3. The van der Waals surface area contributed by atoms with Crippen LogP contribution in [0.25, 0.3) is 0 Å². The maximum absolute atomic E-state index is 12.9. The minimum Gasteiger partial charge on any atom is -0.484 e. The van der Waals surface area contributed by atoms with Crippen molar-refractivity contribution in [1.82, 2.24) is 15.4 Å². The summed E-state index contributed by atoms with van der Waals surface area (Å²) in [7, 11) is 0. The van der Waals surface area contributed by atoms with Gasteiger partial charge in [0.05, 0.1) is 19.4 Å². The number of rotatable bonds is 10. The van der Waals surface area contributed by atoms with Crippen molar-refractivity contribution in [3.63, 3.8) is 0 Å². The molecule has 0 saturated carbocycles. The highest BCUT2D eigenvalue weighted by atomic mass is 16.5. The Kier molecular flexibility index (Phi) is 7.39. The molecule has 0 fully saturated rings. The number of hydrogen-bond donors (Lipinski definition) is 1. The van der Waals surface area contributed by atoms with Crippen LogP contribution < -0.4 is 10.1 Å². The first-order chi connectivity index (χ1) is 16.6. The highest BCUT2D eigenvalue weighted by Gasteiger charge is 2.20. The van der Waals surface area contributed by atoms with Crippen LogP contribution in [0.3, 0.4) is 0 Å². The molecule has 8 heteroatoms. The van der Waals surface area contributed by atoms with E-state index >= 15 is 0 Å². The number of benzene rings is 2. The molecule has 1 N–H and O–H groups in total. The lowest BCUT2D eigenvalue weighted by Gasteiger charge is -2.20. The molecule has 34 heavy (non-hydrogen) atoms. The zero-order valence-electron chi connectivity index (χ0n) is 18.8. The number of furan rings is 1. The Morgan fingerprint density at radius 1 is 0.971 bits per heavy atom. The third-order valence-corrected chi connectivity index (χ3v) is 5.10. The minimum absolute atomic E-state index is 0.107. The second-order valence-electron chi connectivity index (χ2n) is 7.78. The van der Waals surface area contributed by atoms with Crippen molar-refractivity contribution in [3.8, 4) is 5.75 Å². The van der Waals surface area contributed by atoms with Gasteiger partial charge in [0.1, 0.15) is 11.5 Å². The van der Waals surface area contributed by atoms with Crippen molar-refractivity contribution in [3.05, 3.63) is 107 Å². The standard InChI is InChI=1S/C26H25N3O5/c1-19-9-11-20(12-10-19)15-27-26(31)24-14-23(34-28-24)17-29(16-22-8-5-13-32-22)25(30)18-33-21-6-3-2-4-7-21/h2-14H,15-18H2,1H3,(H,27,31). The van der Waals surface area contributed by atoms with E-state index in [1.165, 1.54) is 11.0 Å². The molecule has 0 radical (unpaired) electrons. The van der Waals surface area contributed by atoms with Gasteiger partial charge in [-0.3, -0.25) is 9.59 Å². The molecule has 0 aliphatic rings. The first-order valence-corrected chi connectivity index (χ1v) is 10.8. The summed E-state index contributed by atoms with van der Waals surface area (Å²) in [6, 6.07) is 22.1. The van der Waals surface area contributed by atoms with Crippen LogP contribution in [0.4, 0.5) is 0 Å². The fraction of sp³-hybridized carbons (Fsp3) is 0.192. The Labute approximate surface area is 197 Å². The lowest BCUT2D eigenvalue weighted by atomic mass is 10.1. The first kappa shape index (κ1) is 22.8. The van der Waals surface area contributed by atoms with Crippen LogP contribution in [0.2, 0.25) is 0 Å². The average molecular weight is 460 g/mol. The molecule has 0 aliphatic carbocycles. The number of nitrogens with zero attached hydrogens (tertiary/aromatic N) is 2. The van der Waals surface area contributed by atoms with Gasteiger partial charge in [0.15, 0.2) is 18.1 Å². The molecule has 0 atom stereocenters. The largest absolute Gasteiger partial charge is 0.484 e. The molecule has 0 spiro atoms. The molecule has 4 rings (SSSR count). The van der Waals surface area contributed by atoms with Crippen molar-refractivity contribution in [2.24, 2.45) is 0 Å². The number of aryl methyl sites for hydroxylation is 1. The third-order valence-electron chi connectivity index (χ3n) is 5.10. The van der Waals surface area contributed by atoms with E-state index in [0.29, 0.717) is 23.8 Å². The van der Waals surface area contributed by atoms with Crippen molar-refractivity contribution < 1.29 is 23.3 Å². The predicted octanol–water partition coefficient (Wildman–Crippen LogP) is 4.11. The van der Waals surface area contributed by atoms with Gasteiger partial charge < -0.3 is 23.9 Å². The average Bonchev–Trinajstić information content (AvgIpc) is 3.55. The van der Waals surface area contributed by atoms with E-state index in [-0.39, 0.29) is 37.2 Å². The molecular formula is C26H25N3O5. The molecule has 0 saturated heterocycles. The van der Waals surface area contributed by atoms with Gasteiger partial charge >= 0.3 is 0 Å². The summed E-state index contributed by atoms with van der Waals surface area (Å²) >= 11 is 0. The fourth-order valence-electron chi connectivity index (χ4n) is 3.24. The summed E-state index contributed by atoms with van der Waals surface area (Å²) in [5.41, 5.74) is 2.28. The number of ether oxygens (including phenoxy) is 1. The number of carbonyl (C=O) groups excluding carboxylic acids is 2. The van der Waals surface area contributed by atoms with E-state index in [0.717, 1.165) is 11.1 Å². The molecule has 8 nitrogen and oxygen atoms in total. The molecule has 0 bridgehead atoms. The number of nitrogens with one attached hydrogen (secondary N) is 1. The Balaban J connectivity index is 1.38. The Morgan fingerprint density at radius 2 is 1.74 bits per heavy atom. The van der Waals surface area contributed by atoms with E-state index in [2.05, 4.69) is 10.5 Å². The maximum Gasteiger partial charge on any atom is 0.273 e. The van der Waals surface area contributed by atoms with E-state index in [4.69, 9.17) is 13.7 Å². The SMILES string of the molecule is Cc1ccc(CNC(=O)c2cc(CN(Cc3ccco3)C(=O)COc3ccccc3)on2)cc1. The fourth-order valence-corrected chi connectivity index (χ4v) is 3.24. The van der Waals surface area contributed by atoms with E-state index in [9.17, 15) is 9.59 Å². The molecule has 0 unspecified atom stereocenters. The van der Waals surface area contributed by atoms with Gasteiger partial charge in [-0.15, -0.1) is 0 Å². The van der Waals surface area contributed by atoms with Crippen molar-refractivity contribution >= 4 is 11.8 Å². The molecule has 2 aromatic carbocycles. The van der Waals surface area contributed by atoms with E-state index < -0.39 is 0 Å². The van der Waals surface area contributed by atoms with E-state index in [1.54, 1.807) is 30.5 Å². The molecule has 174 valence electrons. The normalized spacial score (nSPS) is 10.6. The Bertz CT molecular complexity index is 1200. The van der Waals surface area contributed by atoms with Crippen LogP contribution in [-0.4, -0.2) is 28.5 Å². The monoisotopic (exact) mass is 459 g/mol.